The van der Waals surface area contributed by atoms with Crippen molar-refractivity contribution in [2.45, 2.75) is 32.4 Å². The number of methoxy groups -OCH3 is 1. The Labute approximate surface area is 144 Å². The number of rotatable bonds is 7. The number of ether oxygens (including phenoxy) is 3. The molecule has 0 amide bonds. The molecule has 0 saturated heterocycles. The summed E-state index contributed by atoms with van der Waals surface area (Å²) in [6.45, 7) is 6.76. The lowest BCUT2D eigenvalue weighted by Crippen LogP contribution is -2.29. The Bertz CT molecular complexity index is 601. The molecule has 0 aliphatic carbocycles. The fourth-order valence-electron chi connectivity index (χ4n) is 1.55. The smallest absolute Gasteiger partial charge is 0.362 e. The zero-order valence-corrected chi connectivity index (χ0v) is 15.2. The van der Waals surface area contributed by atoms with Crippen molar-refractivity contribution in [2.24, 2.45) is 4.40 Å². The van der Waals surface area contributed by atoms with Crippen LogP contribution in [0.15, 0.2) is 22.6 Å². The monoisotopic (exact) mass is 359 g/mol. The maximum absolute atomic E-state index is 13.7. The molecule has 1 atom stereocenters. The normalized spacial score (nSPS) is 13.5. The third-order valence-corrected chi connectivity index (χ3v) is 4.09. The lowest BCUT2D eigenvalue weighted by molar-refractivity contribution is -0.134. The van der Waals surface area contributed by atoms with Gasteiger partial charge in [-0.2, -0.15) is 0 Å². The standard InChI is InChI=1S/C16H22FNO5S/c1-6-22-15(19)14(18-24(20)16(2,3)4)12-9-11(17)7-8-13(12)23-10-21-5/h7-9H,6,10H2,1-5H3. The van der Waals surface area contributed by atoms with Crippen LogP contribution in [0, 0.1) is 5.82 Å². The van der Waals surface area contributed by atoms with E-state index in [4.69, 9.17) is 14.2 Å². The zero-order valence-electron chi connectivity index (χ0n) is 14.4. The van der Waals surface area contributed by atoms with Gasteiger partial charge in [0.2, 0.25) is 5.71 Å². The SMILES string of the molecule is CCOC(=O)C(=N[S+]([O-])C(C)(C)C)c1cc(F)ccc1OCOC. The highest BCUT2D eigenvalue weighted by Crippen LogP contribution is 2.24. The largest absolute Gasteiger partial charge is 0.591 e. The number of carbonyl (C=O) groups excluding carboxylic acids is 1. The topological polar surface area (TPSA) is 80.2 Å². The van der Waals surface area contributed by atoms with Crippen molar-refractivity contribution in [3.63, 3.8) is 0 Å². The molecule has 6 nitrogen and oxygen atoms in total. The Hall–Kier alpha value is -1.64. The van der Waals surface area contributed by atoms with Gasteiger partial charge in [-0.3, -0.25) is 0 Å². The second-order valence-corrected chi connectivity index (χ2v) is 7.62. The molecular weight excluding hydrogens is 337 g/mol. The molecule has 0 aromatic heterocycles. The van der Waals surface area contributed by atoms with Gasteiger partial charge >= 0.3 is 5.97 Å². The van der Waals surface area contributed by atoms with E-state index in [1.165, 1.54) is 19.2 Å². The van der Waals surface area contributed by atoms with Crippen LogP contribution in [0.3, 0.4) is 0 Å². The summed E-state index contributed by atoms with van der Waals surface area (Å²) >= 11 is -1.73. The Kier molecular flexibility index (Phi) is 7.65. The van der Waals surface area contributed by atoms with Crippen LogP contribution in [0.2, 0.25) is 0 Å². The van der Waals surface area contributed by atoms with E-state index in [0.29, 0.717) is 0 Å². The number of hydrogen-bond donors (Lipinski definition) is 0. The van der Waals surface area contributed by atoms with Crippen LogP contribution in [0.4, 0.5) is 4.39 Å². The highest BCUT2D eigenvalue weighted by molar-refractivity contribution is 7.91. The van der Waals surface area contributed by atoms with Gasteiger partial charge in [-0.25, -0.2) is 9.18 Å². The molecule has 0 aliphatic rings. The average Bonchev–Trinajstić information content (AvgIpc) is 2.50. The van der Waals surface area contributed by atoms with E-state index >= 15 is 0 Å². The van der Waals surface area contributed by atoms with Crippen LogP contribution in [0.5, 0.6) is 5.75 Å². The molecule has 8 heteroatoms. The van der Waals surface area contributed by atoms with Crippen molar-refractivity contribution in [2.75, 3.05) is 20.5 Å². The molecule has 0 heterocycles. The van der Waals surface area contributed by atoms with Crippen molar-refractivity contribution in [1.82, 2.24) is 0 Å². The summed E-state index contributed by atoms with van der Waals surface area (Å²) in [5.41, 5.74) is -0.196. The first-order chi connectivity index (χ1) is 11.2. The fourth-order valence-corrected chi connectivity index (χ4v) is 2.16. The van der Waals surface area contributed by atoms with Gasteiger partial charge in [-0.05, 0) is 45.9 Å². The zero-order chi connectivity index (χ0) is 18.3. The molecule has 0 bridgehead atoms. The van der Waals surface area contributed by atoms with Crippen molar-refractivity contribution >= 4 is 23.0 Å². The Morgan fingerprint density at radius 3 is 2.58 bits per heavy atom. The van der Waals surface area contributed by atoms with Gasteiger partial charge in [0.25, 0.3) is 0 Å². The minimum absolute atomic E-state index is 0.0584. The minimum Gasteiger partial charge on any atom is -0.591 e. The molecule has 0 spiro atoms. The average molecular weight is 359 g/mol. The molecule has 1 aromatic rings. The van der Waals surface area contributed by atoms with E-state index in [1.807, 2.05) is 0 Å². The van der Waals surface area contributed by atoms with Crippen molar-refractivity contribution in [1.29, 1.82) is 0 Å². The van der Waals surface area contributed by atoms with Crippen LogP contribution in [-0.4, -0.2) is 41.5 Å². The summed E-state index contributed by atoms with van der Waals surface area (Å²) in [6.07, 6.45) is 0. The first-order valence-electron chi connectivity index (χ1n) is 7.30. The quantitative estimate of drug-likeness (QED) is 0.324. The third-order valence-electron chi connectivity index (χ3n) is 2.70. The van der Waals surface area contributed by atoms with Gasteiger partial charge in [-0.15, -0.1) is 0 Å². The van der Waals surface area contributed by atoms with E-state index in [0.717, 1.165) is 6.07 Å². The van der Waals surface area contributed by atoms with E-state index in [1.54, 1.807) is 27.7 Å². The fraction of sp³-hybridized carbons (Fsp3) is 0.500. The van der Waals surface area contributed by atoms with E-state index in [9.17, 15) is 13.7 Å². The molecule has 134 valence electrons. The Balaban J connectivity index is 3.41. The van der Waals surface area contributed by atoms with Crippen molar-refractivity contribution in [3.8, 4) is 5.75 Å². The van der Waals surface area contributed by atoms with Crippen molar-refractivity contribution in [3.05, 3.63) is 29.6 Å². The first kappa shape index (κ1) is 20.4. The summed E-state index contributed by atoms with van der Waals surface area (Å²) in [6, 6.07) is 3.61. The summed E-state index contributed by atoms with van der Waals surface area (Å²) in [4.78, 5) is 12.2. The van der Waals surface area contributed by atoms with Gasteiger partial charge < -0.3 is 18.8 Å². The Morgan fingerprint density at radius 2 is 2.04 bits per heavy atom. The number of benzene rings is 1. The van der Waals surface area contributed by atoms with E-state index in [-0.39, 0.29) is 30.4 Å². The second kappa shape index (κ2) is 9.00. The van der Waals surface area contributed by atoms with Crippen LogP contribution >= 0.6 is 0 Å². The second-order valence-electron chi connectivity index (χ2n) is 5.71. The number of carbonyl (C=O) groups is 1. The third kappa shape index (κ3) is 5.77. The molecule has 1 rings (SSSR count). The predicted octanol–water partition coefficient (Wildman–Crippen LogP) is 2.62. The number of nitrogens with zero attached hydrogens (tertiary/aromatic N) is 1. The molecule has 0 aliphatic heterocycles. The van der Waals surface area contributed by atoms with Gasteiger partial charge in [0.1, 0.15) is 27.7 Å². The first-order valence-corrected chi connectivity index (χ1v) is 8.40. The van der Waals surface area contributed by atoms with Gasteiger partial charge in [-0.1, -0.05) is 4.40 Å². The molecule has 0 saturated carbocycles. The lowest BCUT2D eigenvalue weighted by atomic mass is 10.1. The maximum atomic E-state index is 13.7. The predicted molar refractivity (Wildman–Crippen MR) is 90.0 cm³/mol. The summed E-state index contributed by atoms with van der Waals surface area (Å²) in [5.74, 6) is -1.22. The number of hydrogen-bond acceptors (Lipinski definition) is 6. The summed E-state index contributed by atoms with van der Waals surface area (Å²) < 4.78 is 44.4. The van der Waals surface area contributed by atoms with Crippen LogP contribution < -0.4 is 4.74 Å². The highest BCUT2D eigenvalue weighted by atomic mass is 32.2. The molecule has 0 radical (unpaired) electrons. The summed E-state index contributed by atoms with van der Waals surface area (Å²) in [7, 11) is 1.43. The van der Waals surface area contributed by atoms with Crippen LogP contribution in [0.1, 0.15) is 33.3 Å². The number of halogens is 1. The molecule has 0 fully saturated rings. The number of esters is 1. The van der Waals surface area contributed by atoms with E-state index < -0.39 is 27.9 Å². The van der Waals surface area contributed by atoms with Crippen LogP contribution in [-0.2, 0) is 25.6 Å². The summed E-state index contributed by atoms with van der Waals surface area (Å²) in [5, 5.41) is 0. The van der Waals surface area contributed by atoms with Gasteiger partial charge in [0, 0.05) is 7.11 Å². The highest BCUT2D eigenvalue weighted by Gasteiger charge is 2.31. The van der Waals surface area contributed by atoms with Gasteiger partial charge in [0.05, 0.1) is 12.2 Å². The molecule has 0 N–H and O–H groups in total. The molecular formula is C16H22FNO5S. The Morgan fingerprint density at radius 1 is 1.38 bits per heavy atom. The minimum atomic E-state index is -1.73. The van der Waals surface area contributed by atoms with Gasteiger partial charge in [0.15, 0.2) is 6.79 Å². The molecule has 1 aromatic carbocycles. The lowest BCUT2D eigenvalue weighted by Gasteiger charge is -2.19. The maximum Gasteiger partial charge on any atom is 0.362 e. The van der Waals surface area contributed by atoms with Crippen molar-refractivity contribution < 1.29 is 27.9 Å². The van der Waals surface area contributed by atoms with Crippen LogP contribution in [0.25, 0.3) is 0 Å². The molecule has 24 heavy (non-hydrogen) atoms. The van der Waals surface area contributed by atoms with E-state index in [2.05, 4.69) is 4.40 Å². The molecule has 1 unspecified atom stereocenters.